The van der Waals surface area contributed by atoms with Gasteiger partial charge in [-0.3, -0.25) is 4.48 Å². The van der Waals surface area contributed by atoms with Gasteiger partial charge in [0.05, 0.1) is 14.1 Å². The average Bonchev–Trinajstić information content (AvgIpc) is 2.38. The number of benzene rings is 1. The van der Waals surface area contributed by atoms with E-state index in [9.17, 15) is 4.79 Å². The van der Waals surface area contributed by atoms with E-state index >= 15 is 0 Å². The Labute approximate surface area is 121 Å². The minimum Gasteiger partial charge on any atom is -0.410 e. The van der Waals surface area contributed by atoms with E-state index < -0.39 is 6.09 Å². The highest BCUT2D eigenvalue weighted by molar-refractivity contribution is 5.70. The van der Waals surface area contributed by atoms with Gasteiger partial charge in [-0.15, -0.1) is 0 Å². The first-order valence-electron chi connectivity index (χ1n) is 6.79. The van der Waals surface area contributed by atoms with E-state index in [1.807, 2.05) is 24.3 Å². The molecule has 110 valence electrons. The molecule has 1 N–H and O–H groups in total. The molecule has 0 saturated carbocycles. The molecule has 0 atom stereocenters. The van der Waals surface area contributed by atoms with Gasteiger partial charge in [-0.1, -0.05) is 20.4 Å². The lowest BCUT2D eigenvalue weighted by molar-refractivity contribution is 0.203. The van der Waals surface area contributed by atoms with Crippen molar-refractivity contribution in [3.05, 3.63) is 36.4 Å². The summed E-state index contributed by atoms with van der Waals surface area (Å²) in [6.07, 6.45) is 1.44. The Kier molecular flexibility index (Phi) is 5.34. The van der Waals surface area contributed by atoms with Crippen LogP contribution in [-0.2, 0) is 0 Å². The van der Waals surface area contributed by atoms with Crippen molar-refractivity contribution in [2.45, 2.75) is 19.8 Å². The molecule has 0 aromatic heterocycles. The minimum absolute atomic E-state index is 0.404. The summed E-state index contributed by atoms with van der Waals surface area (Å²) in [7, 11) is 5.78. The second-order valence-corrected chi connectivity index (χ2v) is 5.67. The summed E-state index contributed by atoms with van der Waals surface area (Å²) in [6.45, 7) is 8.95. The van der Waals surface area contributed by atoms with Crippen LogP contribution in [0.2, 0.25) is 0 Å². The monoisotopic (exact) mass is 277 g/mol. The second kappa shape index (κ2) is 6.57. The molecule has 0 spiro atoms. The Morgan fingerprint density at radius 1 is 1.45 bits per heavy atom. The van der Waals surface area contributed by atoms with Crippen LogP contribution in [0.5, 0.6) is 5.75 Å². The zero-order valence-corrected chi connectivity index (χ0v) is 13.1. The van der Waals surface area contributed by atoms with Crippen LogP contribution >= 0.6 is 0 Å². The Bertz CT molecular complexity index is 493. The summed E-state index contributed by atoms with van der Waals surface area (Å²) in [5.41, 5.74) is 2.39. The number of carbonyl (C=O) groups is 1. The summed E-state index contributed by atoms with van der Waals surface area (Å²) in [6, 6.07) is 5.80. The van der Waals surface area contributed by atoms with E-state index in [0.29, 0.717) is 16.2 Å². The molecule has 0 fully saturated rings. The zero-order chi connectivity index (χ0) is 15.3. The van der Waals surface area contributed by atoms with Crippen molar-refractivity contribution >= 4 is 11.8 Å². The topological polar surface area (TPSA) is 38.3 Å². The number of rotatable bonds is 5. The van der Waals surface area contributed by atoms with Crippen LogP contribution in [0.1, 0.15) is 25.3 Å². The third kappa shape index (κ3) is 3.84. The molecule has 0 aliphatic heterocycles. The van der Waals surface area contributed by atoms with Gasteiger partial charge in [0.15, 0.2) is 0 Å². The second-order valence-electron chi connectivity index (χ2n) is 5.67. The molecular formula is C16H25N2O2+. The van der Waals surface area contributed by atoms with Crippen molar-refractivity contribution in [2.75, 3.05) is 27.7 Å². The van der Waals surface area contributed by atoms with E-state index in [-0.39, 0.29) is 0 Å². The molecule has 0 aliphatic rings. The molecule has 1 amide bonds. The van der Waals surface area contributed by atoms with Gasteiger partial charge in [-0.05, 0) is 24.1 Å². The number of carbonyl (C=O) groups excluding carboxylic acids is 1. The molecule has 0 saturated heterocycles. The van der Waals surface area contributed by atoms with E-state index in [2.05, 4.69) is 39.8 Å². The van der Waals surface area contributed by atoms with Gasteiger partial charge in [0.2, 0.25) is 0 Å². The molecule has 1 rings (SSSR count). The zero-order valence-electron chi connectivity index (χ0n) is 13.1. The van der Waals surface area contributed by atoms with Crippen LogP contribution in [0, 0.1) is 0 Å². The van der Waals surface area contributed by atoms with E-state index in [0.717, 1.165) is 12.2 Å². The van der Waals surface area contributed by atoms with Gasteiger partial charge >= 0.3 is 6.09 Å². The van der Waals surface area contributed by atoms with Crippen LogP contribution in [-0.4, -0.2) is 33.8 Å². The lowest BCUT2D eigenvalue weighted by Crippen LogP contribution is -2.41. The van der Waals surface area contributed by atoms with Gasteiger partial charge in [0.1, 0.15) is 18.0 Å². The Morgan fingerprint density at radius 3 is 2.60 bits per heavy atom. The van der Waals surface area contributed by atoms with Crippen molar-refractivity contribution < 1.29 is 9.53 Å². The highest BCUT2D eigenvalue weighted by Gasteiger charge is 2.24. The van der Waals surface area contributed by atoms with Gasteiger partial charge in [0, 0.05) is 18.7 Å². The number of hydrogen-bond acceptors (Lipinski definition) is 2. The third-order valence-electron chi connectivity index (χ3n) is 3.28. The summed E-state index contributed by atoms with van der Waals surface area (Å²) in [4.78, 5) is 11.3. The molecule has 1 aromatic carbocycles. The fourth-order valence-corrected chi connectivity index (χ4v) is 2.18. The largest absolute Gasteiger partial charge is 0.412 e. The van der Waals surface area contributed by atoms with Crippen molar-refractivity contribution in [2.24, 2.45) is 0 Å². The first-order chi connectivity index (χ1) is 9.31. The van der Waals surface area contributed by atoms with Gasteiger partial charge in [-0.25, -0.2) is 4.79 Å². The Balaban J connectivity index is 3.25. The minimum atomic E-state index is -0.456. The van der Waals surface area contributed by atoms with Crippen LogP contribution in [0.15, 0.2) is 30.9 Å². The number of ether oxygens (including phenoxy) is 1. The maximum absolute atomic E-state index is 11.3. The van der Waals surface area contributed by atoms with Gasteiger partial charge < -0.3 is 10.1 Å². The first-order valence-corrected chi connectivity index (χ1v) is 6.79. The van der Waals surface area contributed by atoms with E-state index in [1.165, 1.54) is 5.56 Å². The summed E-state index contributed by atoms with van der Waals surface area (Å²) < 4.78 is 5.89. The van der Waals surface area contributed by atoms with Crippen LogP contribution in [0.3, 0.4) is 0 Å². The molecule has 4 nitrogen and oxygen atoms in total. The summed E-state index contributed by atoms with van der Waals surface area (Å²) >= 11 is 0. The van der Waals surface area contributed by atoms with E-state index in [1.54, 1.807) is 7.05 Å². The van der Waals surface area contributed by atoms with Crippen LogP contribution in [0.25, 0.3) is 0 Å². The smallest absolute Gasteiger partial charge is 0.410 e. The van der Waals surface area contributed by atoms with Crippen molar-refractivity contribution in [3.8, 4) is 5.75 Å². The predicted octanol–water partition coefficient (Wildman–Crippen LogP) is 3.28. The maximum atomic E-state index is 11.3. The molecule has 20 heavy (non-hydrogen) atoms. The Hall–Kier alpha value is -1.81. The summed E-state index contributed by atoms with van der Waals surface area (Å²) in [5, 5.41) is 2.45. The van der Waals surface area contributed by atoms with Crippen molar-refractivity contribution in [3.63, 3.8) is 0 Å². The maximum Gasteiger partial charge on any atom is 0.412 e. The van der Waals surface area contributed by atoms with Crippen molar-refractivity contribution in [1.82, 2.24) is 9.80 Å². The number of quaternary nitrogens is 1. The predicted molar refractivity (Wildman–Crippen MR) is 84.3 cm³/mol. The SMILES string of the molecule is C=CC[N+](C)(C)c1cc(OC(=O)NC)ccc1C(C)C. The third-order valence-corrected chi connectivity index (χ3v) is 3.28. The average molecular weight is 277 g/mol. The molecule has 0 unspecified atom stereocenters. The molecule has 0 aliphatic carbocycles. The van der Waals surface area contributed by atoms with Gasteiger partial charge in [0.25, 0.3) is 0 Å². The lowest BCUT2D eigenvalue weighted by Gasteiger charge is -2.31. The van der Waals surface area contributed by atoms with Crippen molar-refractivity contribution in [1.29, 1.82) is 0 Å². The number of likely N-dealkylation sites (N-methyl/N-ethyl adjacent to an activating group) is 1. The number of nitrogens with zero attached hydrogens (tertiary/aromatic N) is 1. The Morgan fingerprint density at radius 2 is 2.10 bits per heavy atom. The van der Waals surface area contributed by atoms with Gasteiger partial charge in [-0.2, -0.15) is 0 Å². The molecule has 0 heterocycles. The first kappa shape index (κ1) is 16.2. The highest BCUT2D eigenvalue weighted by Crippen LogP contribution is 2.33. The van der Waals surface area contributed by atoms with Crippen LogP contribution < -0.4 is 14.5 Å². The highest BCUT2D eigenvalue weighted by atomic mass is 16.5. The fraction of sp³-hybridized carbons (Fsp3) is 0.438. The molecule has 0 bridgehead atoms. The lowest BCUT2D eigenvalue weighted by atomic mass is 9.99. The fourth-order valence-electron chi connectivity index (χ4n) is 2.18. The standard InChI is InChI=1S/C16H24N2O2/c1-7-10-18(5,6)15-11-13(20-16(19)17-4)8-9-14(15)12(2)3/h7-9,11-12H,1,10H2,2-6H3/p+1. The summed E-state index contributed by atoms with van der Waals surface area (Å²) in [5.74, 6) is 0.959. The molecular weight excluding hydrogens is 252 g/mol. The quantitative estimate of drug-likeness (QED) is 0.662. The number of amides is 1. The van der Waals surface area contributed by atoms with Crippen LogP contribution in [0.4, 0.5) is 10.5 Å². The number of hydrogen-bond donors (Lipinski definition) is 1. The molecule has 1 aromatic rings. The number of nitrogens with one attached hydrogen (secondary N) is 1. The van der Waals surface area contributed by atoms with E-state index in [4.69, 9.17) is 4.74 Å². The molecule has 4 heteroatoms. The molecule has 0 radical (unpaired) electrons. The normalized spacial score (nSPS) is 11.3.